The highest BCUT2D eigenvalue weighted by atomic mass is 16.5. The van der Waals surface area contributed by atoms with Crippen LogP contribution in [0.4, 0.5) is 0 Å². The Morgan fingerprint density at radius 3 is 2.65 bits per heavy atom. The minimum Gasteiger partial charge on any atom is -0.493 e. The van der Waals surface area contributed by atoms with E-state index in [0.717, 1.165) is 24.8 Å². The molecule has 2 unspecified atom stereocenters. The molecule has 1 aliphatic rings. The van der Waals surface area contributed by atoms with Gasteiger partial charge in [-0.05, 0) is 43.6 Å². The summed E-state index contributed by atoms with van der Waals surface area (Å²) in [4.78, 5) is 13.5. The number of rotatable bonds is 5. The summed E-state index contributed by atoms with van der Waals surface area (Å²) in [6.07, 6.45) is 1.81. The molecule has 1 fully saturated rings. The molecular weight excluding hydrogens is 256 g/mol. The summed E-state index contributed by atoms with van der Waals surface area (Å²) in [6.45, 7) is 1.67. The quantitative estimate of drug-likeness (QED) is 0.826. The van der Waals surface area contributed by atoms with Gasteiger partial charge in [0.05, 0.1) is 19.8 Å². The van der Waals surface area contributed by atoms with E-state index in [-0.39, 0.29) is 6.04 Å². The average molecular weight is 278 g/mol. The van der Waals surface area contributed by atoms with Crippen LogP contribution in [0, 0.1) is 5.92 Å². The standard InChI is InChI=1S/C15H22N2O3/c1-17-8-10(7-16)4-13(17)11-5-12(9-18)15(20-3)14(6-11)19-2/h5-6,9-10,13H,4,7-8,16H2,1-3H3. The minimum absolute atomic E-state index is 0.266. The summed E-state index contributed by atoms with van der Waals surface area (Å²) in [7, 11) is 5.20. The average Bonchev–Trinajstić information content (AvgIpc) is 2.86. The molecule has 5 nitrogen and oxygen atoms in total. The normalized spacial score (nSPS) is 22.8. The zero-order chi connectivity index (χ0) is 14.7. The van der Waals surface area contributed by atoms with Gasteiger partial charge in [-0.25, -0.2) is 0 Å². The molecule has 0 aliphatic carbocycles. The fourth-order valence-electron chi connectivity index (χ4n) is 2.96. The second kappa shape index (κ2) is 6.24. The lowest BCUT2D eigenvalue weighted by molar-refractivity contribution is 0.111. The van der Waals surface area contributed by atoms with Crippen molar-refractivity contribution in [3.8, 4) is 11.5 Å². The zero-order valence-electron chi connectivity index (χ0n) is 12.3. The van der Waals surface area contributed by atoms with Crippen molar-refractivity contribution in [2.75, 3.05) is 34.4 Å². The molecule has 2 rings (SSSR count). The maximum Gasteiger partial charge on any atom is 0.171 e. The van der Waals surface area contributed by atoms with Crippen LogP contribution in [0.5, 0.6) is 11.5 Å². The van der Waals surface area contributed by atoms with Crippen molar-refractivity contribution >= 4 is 6.29 Å². The summed E-state index contributed by atoms with van der Waals surface area (Å²) >= 11 is 0. The van der Waals surface area contributed by atoms with Crippen LogP contribution < -0.4 is 15.2 Å². The highest BCUT2D eigenvalue weighted by Gasteiger charge is 2.30. The number of carbonyl (C=O) groups is 1. The maximum absolute atomic E-state index is 11.3. The van der Waals surface area contributed by atoms with Gasteiger partial charge >= 0.3 is 0 Å². The van der Waals surface area contributed by atoms with E-state index in [1.807, 2.05) is 12.1 Å². The second-order valence-corrected chi connectivity index (χ2v) is 5.26. The van der Waals surface area contributed by atoms with Gasteiger partial charge in [0.25, 0.3) is 0 Å². The molecule has 0 bridgehead atoms. The molecule has 1 aromatic rings. The van der Waals surface area contributed by atoms with E-state index in [2.05, 4.69) is 11.9 Å². The van der Waals surface area contributed by atoms with Crippen LogP contribution in [0.2, 0.25) is 0 Å². The molecule has 110 valence electrons. The van der Waals surface area contributed by atoms with E-state index >= 15 is 0 Å². The number of carbonyl (C=O) groups excluding carboxylic acids is 1. The Morgan fingerprint density at radius 1 is 1.40 bits per heavy atom. The van der Waals surface area contributed by atoms with Crippen LogP contribution in [0.15, 0.2) is 12.1 Å². The van der Waals surface area contributed by atoms with Crippen molar-refractivity contribution in [2.24, 2.45) is 11.7 Å². The molecule has 1 heterocycles. The topological polar surface area (TPSA) is 64.8 Å². The molecule has 0 amide bonds. The van der Waals surface area contributed by atoms with Gasteiger partial charge in [0, 0.05) is 12.6 Å². The van der Waals surface area contributed by atoms with Crippen LogP contribution in [0.25, 0.3) is 0 Å². The summed E-state index contributed by atoms with van der Waals surface area (Å²) in [5, 5.41) is 0. The van der Waals surface area contributed by atoms with Gasteiger partial charge in [0.15, 0.2) is 17.8 Å². The summed E-state index contributed by atoms with van der Waals surface area (Å²) in [5.41, 5.74) is 7.36. The van der Waals surface area contributed by atoms with E-state index in [0.29, 0.717) is 29.5 Å². The lowest BCUT2D eigenvalue weighted by Crippen LogP contribution is -2.20. The monoisotopic (exact) mass is 278 g/mol. The number of likely N-dealkylation sites (tertiary alicyclic amines) is 1. The Hall–Kier alpha value is -1.59. The lowest BCUT2D eigenvalue weighted by atomic mass is 9.97. The van der Waals surface area contributed by atoms with E-state index in [1.165, 1.54) is 7.11 Å². The van der Waals surface area contributed by atoms with E-state index in [4.69, 9.17) is 15.2 Å². The molecule has 0 saturated carbocycles. The number of aldehydes is 1. The highest BCUT2D eigenvalue weighted by Crippen LogP contribution is 2.39. The number of nitrogens with zero attached hydrogens (tertiary/aromatic N) is 1. The van der Waals surface area contributed by atoms with Gasteiger partial charge in [-0.3, -0.25) is 9.69 Å². The summed E-state index contributed by atoms with van der Waals surface area (Å²) < 4.78 is 10.6. The van der Waals surface area contributed by atoms with E-state index in [1.54, 1.807) is 7.11 Å². The van der Waals surface area contributed by atoms with Gasteiger partial charge in [-0.15, -0.1) is 0 Å². The molecule has 1 saturated heterocycles. The Morgan fingerprint density at radius 2 is 2.15 bits per heavy atom. The van der Waals surface area contributed by atoms with Crippen LogP contribution in [0.3, 0.4) is 0 Å². The number of hydrogen-bond donors (Lipinski definition) is 1. The number of nitrogens with two attached hydrogens (primary N) is 1. The number of ether oxygens (including phenoxy) is 2. The van der Waals surface area contributed by atoms with Gasteiger partial charge in [-0.2, -0.15) is 0 Å². The fraction of sp³-hybridized carbons (Fsp3) is 0.533. The third-order valence-electron chi connectivity index (χ3n) is 4.01. The van der Waals surface area contributed by atoms with Gasteiger partial charge in [0.1, 0.15) is 0 Å². The molecular formula is C15H22N2O3. The Bertz CT molecular complexity index is 490. The Balaban J connectivity index is 2.40. The van der Waals surface area contributed by atoms with Gasteiger partial charge in [-0.1, -0.05) is 0 Å². The zero-order valence-corrected chi connectivity index (χ0v) is 12.3. The molecule has 0 aromatic heterocycles. The number of hydrogen-bond acceptors (Lipinski definition) is 5. The van der Waals surface area contributed by atoms with Gasteiger partial charge < -0.3 is 15.2 Å². The van der Waals surface area contributed by atoms with Crippen molar-refractivity contribution in [2.45, 2.75) is 12.5 Å². The van der Waals surface area contributed by atoms with E-state index in [9.17, 15) is 4.79 Å². The fourth-order valence-corrected chi connectivity index (χ4v) is 2.96. The van der Waals surface area contributed by atoms with Crippen LogP contribution in [0.1, 0.15) is 28.4 Å². The molecule has 2 atom stereocenters. The summed E-state index contributed by atoms with van der Waals surface area (Å²) in [5.74, 6) is 1.58. The Kier molecular flexibility index (Phi) is 4.62. The first-order valence-corrected chi connectivity index (χ1v) is 6.76. The minimum atomic E-state index is 0.266. The molecule has 5 heteroatoms. The predicted molar refractivity (Wildman–Crippen MR) is 77.5 cm³/mol. The SMILES string of the molecule is COc1cc(C2CC(CN)CN2C)cc(C=O)c1OC. The van der Waals surface area contributed by atoms with Crippen LogP contribution in [-0.4, -0.2) is 45.5 Å². The first-order valence-electron chi connectivity index (χ1n) is 6.76. The highest BCUT2D eigenvalue weighted by molar-refractivity contribution is 5.81. The summed E-state index contributed by atoms with van der Waals surface area (Å²) in [6, 6.07) is 4.10. The molecule has 1 aliphatic heterocycles. The third kappa shape index (κ3) is 2.64. The van der Waals surface area contributed by atoms with E-state index < -0.39 is 0 Å². The molecule has 2 N–H and O–H groups in total. The molecule has 0 spiro atoms. The van der Waals surface area contributed by atoms with Crippen LogP contribution >= 0.6 is 0 Å². The smallest absolute Gasteiger partial charge is 0.171 e. The molecule has 0 radical (unpaired) electrons. The first-order chi connectivity index (χ1) is 9.64. The van der Waals surface area contributed by atoms with Crippen molar-refractivity contribution in [1.82, 2.24) is 4.90 Å². The van der Waals surface area contributed by atoms with Crippen LogP contribution in [-0.2, 0) is 0 Å². The van der Waals surface area contributed by atoms with Crippen molar-refractivity contribution in [3.05, 3.63) is 23.3 Å². The number of methoxy groups -OCH3 is 2. The lowest BCUT2D eigenvalue weighted by Gasteiger charge is -2.21. The maximum atomic E-state index is 11.3. The predicted octanol–water partition coefficient (Wildman–Crippen LogP) is 1.47. The van der Waals surface area contributed by atoms with Crippen molar-refractivity contribution < 1.29 is 14.3 Å². The first kappa shape index (κ1) is 14.8. The molecule has 1 aromatic carbocycles. The van der Waals surface area contributed by atoms with Gasteiger partial charge in [0.2, 0.25) is 0 Å². The second-order valence-electron chi connectivity index (χ2n) is 5.26. The van der Waals surface area contributed by atoms with Crippen molar-refractivity contribution in [3.63, 3.8) is 0 Å². The Labute approximate surface area is 119 Å². The third-order valence-corrected chi connectivity index (χ3v) is 4.01. The number of benzene rings is 1. The largest absolute Gasteiger partial charge is 0.493 e. The van der Waals surface area contributed by atoms with Crippen molar-refractivity contribution in [1.29, 1.82) is 0 Å². The molecule has 20 heavy (non-hydrogen) atoms.